The first-order valence-electron chi connectivity index (χ1n) is 5.19. The highest BCUT2D eigenvalue weighted by Gasteiger charge is 2.41. The average molecular weight is 266 g/mol. The minimum Gasteiger partial charge on any atom is -0.338 e. The van der Waals surface area contributed by atoms with Gasteiger partial charge in [0.05, 0.1) is 0 Å². The van der Waals surface area contributed by atoms with Crippen molar-refractivity contribution in [1.82, 2.24) is 20.2 Å². The number of halogens is 3. The summed E-state index contributed by atoms with van der Waals surface area (Å²) in [5, 5.41) is 7.57. The van der Waals surface area contributed by atoms with Crippen LogP contribution in [-0.4, -0.2) is 32.1 Å². The van der Waals surface area contributed by atoms with E-state index in [2.05, 4.69) is 20.2 Å². The standard InChI is InChI=1S/C11H5F3N4O/c12-11(13,14)8(19)10-16-9-7(17-18-10)5-3-1-2-4-6(5)15-9/h1-4H,(H,15,16,18). The van der Waals surface area contributed by atoms with E-state index in [-0.39, 0.29) is 5.65 Å². The Bertz CT molecular complexity index is 793. The second-order valence-electron chi connectivity index (χ2n) is 3.83. The quantitative estimate of drug-likeness (QED) is 0.686. The molecule has 0 saturated heterocycles. The Morgan fingerprint density at radius 2 is 1.89 bits per heavy atom. The molecule has 3 rings (SSSR count). The van der Waals surface area contributed by atoms with Crippen LogP contribution in [0.4, 0.5) is 13.2 Å². The zero-order chi connectivity index (χ0) is 13.6. The van der Waals surface area contributed by atoms with Crippen LogP contribution in [0, 0.1) is 0 Å². The third-order valence-corrected chi connectivity index (χ3v) is 2.58. The summed E-state index contributed by atoms with van der Waals surface area (Å²) in [6, 6.07) is 6.97. The van der Waals surface area contributed by atoms with E-state index < -0.39 is 17.8 Å². The predicted molar refractivity (Wildman–Crippen MR) is 59.6 cm³/mol. The van der Waals surface area contributed by atoms with Gasteiger partial charge in [-0.1, -0.05) is 18.2 Å². The van der Waals surface area contributed by atoms with E-state index in [1.54, 1.807) is 24.3 Å². The number of aromatic amines is 1. The number of carbonyl (C=O) groups is 1. The molecule has 2 heterocycles. The number of nitrogens with zero attached hydrogens (tertiary/aromatic N) is 3. The number of alkyl halides is 3. The van der Waals surface area contributed by atoms with E-state index >= 15 is 0 Å². The molecule has 8 heteroatoms. The van der Waals surface area contributed by atoms with Gasteiger partial charge < -0.3 is 4.98 Å². The maximum absolute atomic E-state index is 12.3. The molecule has 0 atom stereocenters. The number of Topliss-reactive ketones (excluding diaryl/α,β-unsaturated/α-hetero) is 1. The van der Waals surface area contributed by atoms with Crippen LogP contribution in [0.25, 0.3) is 22.1 Å². The van der Waals surface area contributed by atoms with E-state index in [4.69, 9.17) is 0 Å². The van der Waals surface area contributed by atoms with Gasteiger partial charge in [0.15, 0.2) is 5.65 Å². The summed E-state index contributed by atoms with van der Waals surface area (Å²) in [7, 11) is 0. The molecule has 0 unspecified atom stereocenters. The molecular formula is C11H5F3N4O. The summed E-state index contributed by atoms with van der Waals surface area (Å²) in [5.74, 6) is -3.08. The third kappa shape index (κ3) is 1.81. The summed E-state index contributed by atoms with van der Waals surface area (Å²) >= 11 is 0. The highest BCUT2D eigenvalue weighted by Crippen LogP contribution is 2.23. The summed E-state index contributed by atoms with van der Waals surface area (Å²) in [4.78, 5) is 17.4. The van der Waals surface area contributed by atoms with Gasteiger partial charge in [-0.05, 0) is 6.07 Å². The molecule has 0 fully saturated rings. The van der Waals surface area contributed by atoms with Gasteiger partial charge in [0, 0.05) is 10.9 Å². The Morgan fingerprint density at radius 1 is 1.16 bits per heavy atom. The number of ketones is 1. The summed E-state index contributed by atoms with van der Waals surface area (Å²) in [5.41, 5.74) is 1.09. The molecule has 0 aliphatic carbocycles. The van der Waals surface area contributed by atoms with Crippen LogP contribution >= 0.6 is 0 Å². The van der Waals surface area contributed by atoms with Crippen LogP contribution in [0.5, 0.6) is 0 Å². The Hall–Kier alpha value is -2.51. The Kier molecular flexibility index (Phi) is 2.28. The number of para-hydroxylation sites is 1. The highest BCUT2D eigenvalue weighted by atomic mass is 19.4. The number of aromatic nitrogens is 4. The fourth-order valence-corrected chi connectivity index (χ4v) is 1.74. The lowest BCUT2D eigenvalue weighted by molar-refractivity contribution is -0.0892. The van der Waals surface area contributed by atoms with Crippen molar-refractivity contribution < 1.29 is 18.0 Å². The van der Waals surface area contributed by atoms with Crippen molar-refractivity contribution in [3.63, 3.8) is 0 Å². The largest absolute Gasteiger partial charge is 0.458 e. The fraction of sp³-hybridized carbons (Fsp3) is 0.0909. The van der Waals surface area contributed by atoms with E-state index in [0.717, 1.165) is 0 Å². The van der Waals surface area contributed by atoms with Gasteiger partial charge in [-0.3, -0.25) is 4.79 Å². The molecule has 96 valence electrons. The monoisotopic (exact) mass is 266 g/mol. The summed E-state index contributed by atoms with van der Waals surface area (Å²) < 4.78 is 36.8. The van der Waals surface area contributed by atoms with Gasteiger partial charge in [0.25, 0.3) is 0 Å². The highest BCUT2D eigenvalue weighted by molar-refractivity contribution is 6.04. The van der Waals surface area contributed by atoms with Crippen LogP contribution in [0.1, 0.15) is 10.6 Å². The SMILES string of the molecule is O=C(c1nnc2c(n1)[nH]c1ccccc12)C(F)(F)F. The molecular weight excluding hydrogens is 261 g/mol. The molecule has 3 aromatic rings. The molecule has 0 aliphatic heterocycles. The van der Waals surface area contributed by atoms with Crippen LogP contribution in [-0.2, 0) is 0 Å². The predicted octanol–water partition coefficient (Wildman–Crippen LogP) is 2.25. The smallest absolute Gasteiger partial charge is 0.338 e. The zero-order valence-corrected chi connectivity index (χ0v) is 9.19. The van der Waals surface area contributed by atoms with Gasteiger partial charge in [-0.25, -0.2) is 4.98 Å². The molecule has 0 aliphatic rings. The molecule has 5 nitrogen and oxygen atoms in total. The first kappa shape index (κ1) is 11.6. The van der Waals surface area contributed by atoms with E-state index in [9.17, 15) is 18.0 Å². The average Bonchev–Trinajstić information content (AvgIpc) is 2.74. The number of carbonyl (C=O) groups excluding carboxylic acids is 1. The van der Waals surface area contributed by atoms with Gasteiger partial charge in [-0.15, -0.1) is 10.2 Å². The van der Waals surface area contributed by atoms with Crippen LogP contribution in [0.15, 0.2) is 24.3 Å². The number of rotatable bonds is 1. The Balaban J connectivity index is 2.22. The topological polar surface area (TPSA) is 71.5 Å². The van der Waals surface area contributed by atoms with Crippen molar-refractivity contribution in [2.45, 2.75) is 6.18 Å². The lowest BCUT2D eigenvalue weighted by atomic mass is 10.2. The second kappa shape index (κ2) is 3.74. The lowest BCUT2D eigenvalue weighted by Gasteiger charge is -2.02. The number of hydrogen-bond donors (Lipinski definition) is 1. The van der Waals surface area contributed by atoms with E-state index in [0.29, 0.717) is 16.4 Å². The first-order chi connectivity index (χ1) is 8.97. The molecule has 0 saturated carbocycles. The van der Waals surface area contributed by atoms with Gasteiger partial charge in [0.1, 0.15) is 5.52 Å². The molecule has 0 amide bonds. The Labute approximate surface area is 103 Å². The van der Waals surface area contributed by atoms with Gasteiger partial charge in [-0.2, -0.15) is 13.2 Å². The molecule has 0 radical (unpaired) electrons. The van der Waals surface area contributed by atoms with Crippen molar-refractivity contribution in [2.75, 3.05) is 0 Å². The Morgan fingerprint density at radius 3 is 2.63 bits per heavy atom. The second-order valence-corrected chi connectivity index (χ2v) is 3.83. The minimum absolute atomic E-state index is 0.101. The van der Waals surface area contributed by atoms with E-state index in [1.807, 2.05) is 0 Å². The van der Waals surface area contributed by atoms with Crippen molar-refractivity contribution >= 4 is 27.9 Å². The minimum atomic E-state index is -5.01. The number of hydrogen-bond acceptors (Lipinski definition) is 4. The van der Waals surface area contributed by atoms with Gasteiger partial charge >= 0.3 is 12.0 Å². The number of H-pyrrole nitrogens is 1. The number of nitrogens with one attached hydrogen (secondary N) is 1. The van der Waals surface area contributed by atoms with Crippen LogP contribution in [0.3, 0.4) is 0 Å². The summed E-state index contributed by atoms with van der Waals surface area (Å²) in [6.45, 7) is 0. The first-order valence-corrected chi connectivity index (χ1v) is 5.19. The molecule has 1 N–H and O–H groups in total. The number of benzene rings is 1. The van der Waals surface area contributed by atoms with Crippen molar-refractivity contribution in [2.24, 2.45) is 0 Å². The van der Waals surface area contributed by atoms with Crippen molar-refractivity contribution in [3.05, 3.63) is 30.1 Å². The third-order valence-electron chi connectivity index (χ3n) is 2.58. The number of fused-ring (bicyclic) bond motifs is 3. The van der Waals surface area contributed by atoms with Crippen LogP contribution < -0.4 is 0 Å². The lowest BCUT2D eigenvalue weighted by Crippen LogP contribution is -2.25. The van der Waals surface area contributed by atoms with Crippen molar-refractivity contribution in [3.8, 4) is 0 Å². The maximum Gasteiger partial charge on any atom is 0.458 e. The molecule has 2 aromatic heterocycles. The molecule has 19 heavy (non-hydrogen) atoms. The normalized spacial score (nSPS) is 12.2. The molecule has 1 aromatic carbocycles. The van der Waals surface area contributed by atoms with Gasteiger partial charge in [0.2, 0.25) is 5.82 Å². The van der Waals surface area contributed by atoms with Crippen LogP contribution in [0.2, 0.25) is 0 Å². The summed E-state index contributed by atoms with van der Waals surface area (Å²) in [6.07, 6.45) is -5.01. The fourth-order valence-electron chi connectivity index (χ4n) is 1.74. The molecule has 0 bridgehead atoms. The van der Waals surface area contributed by atoms with E-state index in [1.165, 1.54) is 0 Å². The maximum atomic E-state index is 12.3. The van der Waals surface area contributed by atoms with Crippen molar-refractivity contribution in [1.29, 1.82) is 0 Å². The molecule has 0 spiro atoms. The zero-order valence-electron chi connectivity index (χ0n) is 9.19.